The summed E-state index contributed by atoms with van der Waals surface area (Å²) in [6, 6.07) is 6.62. The van der Waals surface area contributed by atoms with Crippen molar-refractivity contribution in [1.29, 1.82) is 0 Å². The van der Waals surface area contributed by atoms with Crippen LogP contribution in [0.4, 0.5) is 0 Å². The highest BCUT2D eigenvalue weighted by Crippen LogP contribution is 2.11. The summed E-state index contributed by atoms with van der Waals surface area (Å²) in [5, 5.41) is 11.5. The van der Waals surface area contributed by atoms with Crippen LogP contribution in [0.2, 0.25) is 0 Å². The number of nitrogens with zero attached hydrogens (tertiary/aromatic N) is 1. The van der Waals surface area contributed by atoms with Gasteiger partial charge >= 0.3 is 5.97 Å². The number of carbonyl (C=O) groups is 3. The fourth-order valence-corrected chi connectivity index (χ4v) is 2.60. The van der Waals surface area contributed by atoms with E-state index < -0.39 is 12.0 Å². The van der Waals surface area contributed by atoms with Crippen molar-refractivity contribution in [1.82, 2.24) is 10.2 Å². The number of carboxylic acid groups (broad SMARTS) is 1. The molecule has 0 aliphatic carbocycles. The lowest BCUT2D eigenvalue weighted by Gasteiger charge is -2.26. The van der Waals surface area contributed by atoms with Crippen molar-refractivity contribution in [2.45, 2.75) is 46.1 Å². The van der Waals surface area contributed by atoms with Crippen LogP contribution in [0.15, 0.2) is 24.3 Å². The van der Waals surface area contributed by atoms with Crippen molar-refractivity contribution >= 4 is 17.8 Å². The molecule has 25 heavy (non-hydrogen) atoms. The Hall–Kier alpha value is -2.37. The summed E-state index contributed by atoms with van der Waals surface area (Å²) in [7, 11) is 1.64. The molecule has 0 heterocycles. The monoisotopic (exact) mass is 348 g/mol. The average Bonchev–Trinajstić information content (AvgIpc) is 2.52. The van der Waals surface area contributed by atoms with E-state index in [0.717, 1.165) is 5.56 Å². The molecule has 6 heteroatoms. The van der Waals surface area contributed by atoms with Gasteiger partial charge in [-0.25, -0.2) is 0 Å². The van der Waals surface area contributed by atoms with Crippen LogP contribution in [-0.4, -0.2) is 47.4 Å². The Morgan fingerprint density at radius 2 is 1.84 bits per heavy atom. The van der Waals surface area contributed by atoms with E-state index in [2.05, 4.69) is 5.32 Å². The Kier molecular flexibility index (Phi) is 8.11. The lowest BCUT2D eigenvalue weighted by Crippen LogP contribution is -2.48. The summed E-state index contributed by atoms with van der Waals surface area (Å²) in [4.78, 5) is 37.3. The first kappa shape index (κ1) is 20.7. The molecule has 0 spiro atoms. The molecule has 2 amide bonds. The maximum absolute atomic E-state index is 12.7. The van der Waals surface area contributed by atoms with Gasteiger partial charge in [-0.1, -0.05) is 32.0 Å². The van der Waals surface area contributed by atoms with Gasteiger partial charge in [-0.2, -0.15) is 0 Å². The highest BCUT2D eigenvalue weighted by Gasteiger charge is 2.25. The number of hydrogen-bond donors (Lipinski definition) is 2. The van der Waals surface area contributed by atoms with E-state index in [1.807, 2.05) is 32.9 Å². The van der Waals surface area contributed by atoms with E-state index in [-0.39, 0.29) is 24.2 Å². The Morgan fingerprint density at radius 1 is 1.20 bits per heavy atom. The summed E-state index contributed by atoms with van der Waals surface area (Å²) < 4.78 is 0. The van der Waals surface area contributed by atoms with Gasteiger partial charge in [0.1, 0.15) is 6.04 Å². The fraction of sp³-hybridized carbons (Fsp3) is 0.526. The molecule has 0 aliphatic heterocycles. The van der Waals surface area contributed by atoms with Crippen LogP contribution >= 0.6 is 0 Å². The summed E-state index contributed by atoms with van der Waals surface area (Å²) in [5.74, 6) is -1.11. The predicted octanol–water partition coefficient (Wildman–Crippen LogP) is 2.46. The quantitative estimate of drug-likeness (QED) is 0.718. The first-order valence-corrected chi connectivity index (χ1v) is 8.55. The van der Waals surface area contributed by atoms with Gasteiger partial charge in [0, 0.05) is 25.6 Å². The summed E-state index contributed by atoms with van der Waals surface area (Å²) in [6.07, 6.45) is 0.930. The Morgan fingerprint density at radius 3 is 2.40 bits per heavy atom. The molecule has 0 radical (unpaired) electrons. The second-order valence-corrected chi connectivity index (χ2v) is 6.73. The number of hydrogen-bond acceptors (Lipinski definition) is 3. The standard InChI is InChI=1S/C19H28N2O4/c1-13(2)12-16(19(25)21(4)11-7-10-17(22)23)20-18(24)15-9-6-5-8-14(15)3/h5-6,8-9,13,16H,7,10-12H2,1-4H3,(H,20,24)(H,22,23). The summed E-state index contributed by atoms with van der Waals surface area (Å²) in [6.45, 7) is 6.18. The molecular weight excluding hydrogens is 320 g/mol. The molecule has 1 unspecified atom stereocenters. The number of aryl methyl sites for hydroxylation is 1. The maximum atomic E-state index is 12.7. The molecule has 1 atom stereocenters. The maximum Gasteiger partial charge on any atom is 0.303 e. The number of likely N-dealkylation sites (N-methyl/N-ethyl adjacent to an activating group) is 1. The number of benzene rings is 1. The highest BCUT2D eigenvalue weighted by molar-refractivity contribution is 5.98. The van der Waals surface area contributed by atoms with Crippen LogP contribution in [0, 0.1) is 12.8 Å². The molecule has 138 valence electrons. The lowest BCUT2D eigenvalue weighted by atomic mass is 10.0. The van der Waals surface area contributed by atoms with Gasteiger partial charge < -0.3 is 15.3 Å². The lowest BCUT2D eigenvalue weighted by molar-refractivity contribution is -0.138. The van der Waals surface area contributed by atoms with E-state index >= 15 is 0 Å². The van der Waals surface area contributed by atoms with Crippen molar-refractivity contribution in [2.75, 3.05) is 13.6 Å². The van der Waals surface area contributed by atoms with Crippen LogP contribution in [0.1, 0.15) is 49.0 Å². The van der Waals surface area contributed by atoms with Crippen LogP contribution in [0.3, 0.4) is 0 Å². The van der Waals surface area contributed by atoms with E-state index in [9.17, 15) is 14.4 Å². The normalized spacial score (nSPS) is 11.9. The number of aliphatic carboxylic acids is 1. The van der Waals surface area contributed by atoms with Crippen molar-refractivity contribution < 1.29 is 19.5 Å². The second kappa shape index (κ2) is 9.81. The number of nitrogens with one attached hydrogen (secondary N) is 1. The van der Waals surface area contributed by atoms with E-state index in [1.54, 1.807) is 19.2 Å². The molecule has 1 rings (SSSR count). The van der Waals surface area contributed by atoms with Crippen molar-refractivity contribution in [3.63, 3.8) is 0 Å². The predicted molar refractivity (Wildman–Crippen MR) is 96.4 cm³/mol. The largest absolute Gasteiger partial charge is 0.481 e. The number of carbonyl (C=O) groups excluding carboxylic acids is 2. The van der Waals surface area contributed by atoms with Gasteiger partial charge in [-0.05, 0) is 37.3 Å². The third-order valence-corrected chi connectivity index (χ3v) is 3.96. The zero-order chi connectivity index (χ0) is 19.0. The van der Waals surface area contributed by atoms with E-state index in [4.69, 9.17) is 5.11 Å². The van der Waals surface area contributed by atoms with Gasteiger partial charge in [-0.15, -0.1) is 0 Å². The van der Waals surface area contributed by atoms with Gasteiger partial charge in [0.25, 0.3) is 5.91 Å². The van der Waals surface area contributed by atoms with Crippen LogP contribution < -0.4 is 5.32 Å². The highest BCUT2D eigenvalue weighted by atomic mass is 16.4. The Balaban J connectivity index is 2.79. The number of rotatable bonds is 9. The SMILES string of the molecule is Cc1ccccc1C(=O)NC(CC(C)C)C(=O)N(C)CCCC(=O)O. The van der Waals surface area contributed by atoms with Gasteiger partial charge in [0.05, 0.1) is 0 Å². The Bertz CT molecular complexity index is 613. The molecule has 0 bridgehead atoms. The van der Waals surface area contributed by atoms with Crippen LogP contribution in [-0.2, 0) is 9.59 Å². The number of amides is 2. The van der Waals surface area contributed by atoms with E-state index in [1.165, 1.54) is 4.90 Å². The van der Waals surface area contributed by atoms with Gasteiger partial charge in [0.2, 0.25) is 5.91 Å². The van der Waals surface area contributed by atoms with Gasteiger partial charge in [-0.3, -0.25) is 14.4 Å². The molecule has 1 aromatic rings. The molecular formula is C19H28N2O4. The van der Waals surface area contributed by atoms with Crippen LogP contribution in [0.25, 0.3) is 0 Å². The minimum absolute atomic E-state index is 0.0159. The van der Waals surface area contributed by atoms with Crippen LogP contribution in [0.5, 0.6) is 0 Å². The molecule has 0 aromatic heterocycles. The van der Waals surface area contributed by atoms with Gasteiger partial charge in [0.15, 0.2) is 0 Å². The third-order valence-electron chi connectivity index (χ3n) is 3.96. The molecule has 2 N–H and O–H groups in total. The first-order chi connectivity index (χ1) is 11.7. The van der Waals surface area contributed by atoms with Crippen molar-refractivity contribution in [3.05, 3.63) is 35.4 Å². The van der Waals surface area contributed by atoms with E-state index in [0.29, 0.717) is 24.9 Å². The molecule has 1 aromatic carbocycles. The zero-order valence-corrected chi connectivity index (χ0v) is 15.4. The zero-order valence-electron chi connectivity index (χ0n) is 15.4. The molecule has 6 nitrogen and oxygen atoms in total. The summed E-state index contributed by atoms with van der Waals surface area (Å²) in [5.41, 5.74) is 1.41. The molecule has 0 saturated carbocycles. The fourth-order valence-electron chi connectivity index (χ4n) is 2.60. The molecule has 0 fully saturated rings. The smallest absolute Gasteiger partial charge is 0.303 e. The number of carboxylic acids is 1. The topological polar surface area (TPSA) is 86.7 Å². The minimum Gasteiger partial charge on any atom is -0.481 e. The van der Waals surface area contributed by atoms with Crippen molar-refractivity contribution in [2.24, 2.45) is 5.92 Å². The molecule has 0 aliphatic rings. The third kappa shape index (κ3) is 6.95. The second-order valence-electron chi connectivity index (χ2n) is 6.73. The Labute approximate surface area is 149 Å². The molecule has 0 saturated heterocycles. The average molecular weight is 348 g/mol. The minimum atomic E-state index is -0.882. The summed E-state index contributed by atoms with van der Waals surface area (Å²) >= 11 is 0. The first-order valence-electron chi connectivity index (χ1n) is 8.55. The van der Waals surface area contributed by atoms with Crippen molar-refractivity contribution in [3.8, 4) is 0 Å².